The van der Waals surface area contributed by atoms with Gasteiger partial charge in [0, 0.05) is 44.7 Å². The van der Waals surface area contributed by atoms with E-state index in [-0.39, 0.29) is 5.92 Å². The van der Waals surface area contributed by atoms with Gasteiger partial charge in [0.15, 0.2) is 17.4 Å². The van der Waals surface area contributed by atoms with Crippen molar-refractivity contribution in [2.75, 3.05) is 20.7 Å². The Morgan fingerprint density at radius 2 is 1.69 bits per heavy atom. The van der Waals surface area contributed by atoms with Crippen LogP contribution in [-0.4, -0.2) is 67.7 Å². The average molecular weight is 864 g/mol. The summed E-state index contributed by atoms with van der Waals surface area (Å²) in [5.41, 5.74) is 6.99. The number of aliphatic hydroxyl groups is 2. The van der Waals surface area contributed by atoms with E-state index in [9.17, 15) is 23.5 Å². The van der Waals surface area contributed by atoms with Crippen LogP contribution in [0.4, 0.5) is 8.78 Å². The lowest BCUT2D eigenvalue weighted by molar-refractivity contribution is -0.130. The van der Waals surface area contributed by atoms with E-state index in [0.717, 1.165) is 74.1 Å². The van der Waals surface area contributed by atoms with Crippen molar-refractivity contribution in [1.29, 1.82) is 0 Å². The minimum atomic E-state index is -0.491. The van der Waals surface area contributed by atoms with Gasteiger partial charge in [0.1, 0.15) is 17.9 Å². The second-order valence-electron chi connectivity index (χ2n) is 19.7. The summed E-state index contributed by atoms with van der Waals surface area (Å²) in [4.78, 5) is 33.0. The second kappa shape index (κ2) is 21.1. The van der Waals surface area contributed by atoms with Crippen LogP contribution in [0.5, 0.6) is 0 Å². The number of hydrogen-bond donors (Lipinski definition) is 4. The lowest BCUT2D eigenvalue weighted by atomic mass is 9.40. The van der Waals surface area contributed by atoms with Crippen molar-refractivity contribution in [3.63, 3.8) is 0 Å². The Morgan fingerprint density at radius 3 is 2.26 bits per heavy atom. The summed E-state index contributed by atoms with van der Waals surface area (Å²) in [6.45, 7) is 22.2. The Labute approximate surface area is 369 Å². The van der Waals surface area contributed by atoms with Gasteiger partial charge in [-0.25, -0.2) is 18.7 Å². The Balaban J connectivity index is 0.000000375. The van der Waals surface area contributed by atoms with E-state index in [1.54, 1.807) is 19.9 Å². The molecule has 62 heavy (non-hydrogen) atoms. The largest absolute Gasteiger partial charge is 0.513 e. The Bertz CT molecular complexity index is 1960. The summed E-state index contributed by atoms with van der Waals surface area (Å²) in [6.07, 6.45) is 18.5. The third kappa shape index (κ3) is 9.98. The number of rotatable bonds is 11. The number of hydrogen-bond acceptors (Lipinski definition) is 10. The molecule has 0 saturated heterocycles. The molecule has 2 heterocycles. The van der Waals surface area contributed by atoms with Crippen LogP contribution in [0.3, 0.4) is 0 Å². The third-order valence-electron chi connectivity index (χ3n) is 15.1. The molecule has 2 aromatic rings. The van der Waals surface area contributed by atoms with Crippen molar-refractivity contribution in [2.45, 2.75) is 138 Å². The molecule has 5 N–H and O–H groups in total. The SMILES string of the molecule is C=C/C(F)=C\N.CCC=C(O)CC(C)(C)C=O.CNCCn1c(-c2ncc(F)cn2)nnc1C12CCC3C(CCC4C5(C)CCC(C)C5CCC34C)C1=C(C(C)C)C(=O)C2.CO. The van der Waals surface area contributed by atoms with Crippen LogP contribution < -0.4 is 11.1 Å². The molecule has 8 unspecified atom stereocenters. The number of carbonyl (C=O) groups is 2. The van der Waals surface area contributed by atoms with Gasteiger partial charge in [-0.3, -0.25) is 4.79 Å². The van der Waals surface area contributed by atoms with Gasteiger partial charge in [0.2, 0.25) is 5.82 Å². The fourth-order valence-electron chi connectivity index (χ4n) is 12.6. The number of allylic oxidation sites excluding steroid dienone is 6. The quantitative estimate of drug-likeness (QED) is 0.0970. The molecule has 5 aliphatic carbocycles. The molecule has 7 rings (SSSR count). The highest BCUT2D eigenvalue weighted by Crippen LogP contribution is 2.72. The monoisotopic (exact) mass is 864 g/mol. The topological polar surface area (TPSA) is 169 Å². The fraction of sp³-hybridized carbons (Fsp3) is 0.673. The molecule has 0 radical (unpaired) electrons. The summed E-state index contributed by atoms with van der Waals surface area (Å²) in [7, 11) is 2.93. The van der Waals surface area contributed by atoms with Crippen molar-refractivity contribution in [2.24, 2.45) is 57.5 Å². The first kappa shape index (κ1) is 50.5. The lowest BCUT2D eigenvalue weighted by Gasteiger charge is -2.64. The predicted molar refractivity (Wildman–Crippen MR) is 242 cm³/mol. The van der Waals surface area contributed by atoms with Crippen LogP contribution in [0.15, 0.2) is 60.1 Å². The fourth-order valence-corrected chi connectivity index (χ4v) is 12.6. The van der Waals surface area contributed by atoms with Crippen molar-refractivity contribution in [1.82, 2.24) is 30.0 Å². The molecule has 8 atom stereocenters. The average Bonchev–Trinajstić information content (AvgIpc) is 3.91. The molecular weight excluding hydrogens is 789 g/mol. The van der Waals surface area contributed by atoms with Gasteiger partial charge in [0.05, 0.1) is 23.6 Å². The van der Waals surface area contributed by atoms with Gasteiger partial charge >= 0.3 is 0 Å². The van der Waals surface area contributed by atoms with Crippen LogP contribution >= 0.6 is 0 Å². The van der Waals surface area contributed by atoms with Gasteiger partial charge in [-0.15, -0.1) is 10.2 Å². The number of fused-ring (bicyclic) bond motifs is 7. The maximum atomic E-state index is 14.1. The number of halogens is 2. The predicted octanol–water partition coefficient (Wildman–Crippen LogP) is 9.55. The first-order valence-electron chi connectivity index (χ1n) is 22.7. The zero-order valence-corrected chi connectivity index (χ0v) is 39.1. The molecule has 5 aliphatic rings. The second-order valence-corrected chi connectivity index (χ2v) is 19.7. The number of likely N-dealkylation sites (N-methyl/N-ethyl adjacent to an activating group) is 1. The maximum Gasteiger partial charge on any atom is 0.201 e. The van der Waals surface area contributed by atoms with E-state index in [1.807, 2.05) is 14.0 Å². The van der Waals surface area contributed by atoms with Crippen LogP contribution in [0.1, 0.15) is 132 Å². The van der Waals surface area contributed by atoms with Crippen LogP contribution in [0, 0.1) is 57.6 Å². The highest BCUT2D eigenvalue weighted by Gasteiger charge is 2.65. The van der Waals surface area contributed by atoms with E-state index in [0.29, 0.717) is 71.8 Å². The summed E-state index contributed by atoms with van der Waals surface area (Å²) in [5, 5.41) is 29.0. The van der Waals surface area contributed by atoms with Crippen molar-refractivity contribution >= 4 is 12.1 Å². The number of aromatic nitrogens is 5. The smallest absolute Gasteiger partial charge is 0.201 e. The molecule has 4 saturated carbocycles. The summed E-state index contributed by atoms with van der Waals surface area (Å²) in [5.74, 6) is 5.05. The molecule has 0 spiro atoms. The first-order chi connectivity index (χ1) is 29.4. The minimum Gasteiger partial charge on any atom is -0.513 e. The Hall–Kier alpha value is -4.10. The molecule has 11 nitrogen and oxygen atoms in total. The van der Waals surface area contributed by atoms with Gasteiger partial charge in [-0.05, 0) is 134 Å². The van der Waals surface area contributed by atoms with Crippen LogP contribution in [0.25, 0.3) is 11.6 Å². The van der Waals surface area contributed by atoms with E-state index in [2.05, 4.69) is 71.9 Å². The molecular formula is C49H75F2N7O4. The maximum absolute atomic E-state index is 14.1. The molecule has 0 amide bonds. The minimum absolute atomic E-state index is 0.172. The standard InChI is InChI=1S/C35H49FN6O.C9H16O2.C4H6FN.CH4O/c1-20(2)28-26(43)17-35(32-41-40-31(42(32)16-15-37-6)30-38-18-22(36)19-39-30)14-11-25-23(29(28)35)7-8-27-33(4)12-9-21(3)24(33)10-13-34(25,27)5;1-4-5-8(11)6-9(2,3)7-10;1-2-4(5)3-6;1-2/h18-21,23-25,27,37H,7-17H2,1-6H3;5,7,11H,4,6H2,1-3H3;2-3H,1,6H2;2H,1H3/b;;4-3+;. The van der Waals surface area contributed by atoms with E-state index in [1.165, 1.54) is 56.5 Å². The Kier molecular flexibility index (Phi) is 17.2. The normalized spacial score (nSPS) is 30.4. The van der Waals surface area contributed by atoms with Gasteiger partial charge in [-0.1, -0.05) is 62.0 Å². The first-order valence-corrected chi connectivity index (χ1v) is 22.7. The lowest BCUT2D eigenvalue weighted by Crippen LogP contribution is -2.57. The number of nitrogens with one attached hydrogen (secondary N) is 1. The van der Waals surface area contributed by atoms with Crippen LogP contribution in [0.2, 0.25) is 0 Å². The number of nitrogens with zero attached hydrogens (tertiary/aromatic N) is 5. The summed E-state index contributed by atoms with van der Waals surface area (Å²) in [6, 6.07) is 0. The highest BCUT2D eigenvalue weighted by atomic mass is 19.1. The van der Waals surface area contributed by atoms with Crippen molar-refractivity contribution in [3.05, 3.63) is 71.7 Å². The molecule has 0 aliphatic heterocycles. The van der Waals surface area contributed by atoms with Gasteiger partial charge in [0.25, 0.3) is 0 Å². The van der Waals surface area contributed by atoms with E-state index >= 15 is 0 Å². The molecule has 13 heteroatoms. The van der Waals surface area contributed by atoms with Crippen LogP contribution in [-0.2, 0) is 21.5 Å². The molecule has 344 valence electrons. The zero-order chi connectivity index (χ0) is 46.2. The number of nitrogens with two attached hydrogens (primary N) is 1. The highest BCUT2D eigenvalue weighted by molar-refractivity contribution is 6.01. The van der Waals surface area contributed by atoms with E-state index < -0.39 is 22.5 Å². The summed E-state index contributed by atoms with van der Waals surface area (Å²) < 4.78 is 27.3. The zero-order valence-electron chi connectivity index (χ0n) is 39.1. The number of carbonyl (C=O) groups excluding carboxylic acids is 2. The number of Topliss-reactive ketones (excluding diaryl/α,β-unsaturated/α-hetero) is 1. The Morgan fingerprint density at radius 1 is 1.06 bits per heavy atom. The molecule has 0 bridgehead atoms. The number of ketones is 1. The summed E-state index contributed by atoms with van der Waals surface area (Å²) >= 11 is 0. The van der Waals surface area contributed by atoms with Gasteiger partial charge < -0.3 is 30.6 Å². The van der Waals surface area contributed by atoms with Crippen molar-refractivity contribution < 1.29 is 28.6 Å². The molecule has 2 aromatic heterocycles. The molecule has 0 aromatic carbocycles. The number of aliphatic hydroxyl groups excluding tert-OH is 2. The van der Waals surface area contributed by atoms with Gasteiger partial charge in [-0.2, -0.15) is 0 Å². The molecule has 4 fully saturated rings. The third-order valence-corrected chi connectivity index (χ3v) is 15.1. The number of aldehydes is 1. The van der Waals surface area contributed by atoms with E-state index in [4.69, 9.17) is 10.2 Å². The van der Waals surface area contributed by atoms with Crippen molar-refractivity contribution in [3.8, 4) is 11.6 Å².